The number of nitrogens with one attached hydrogen (secondary N) is 2. The van der Waals surface area contributed by atoms with E-state index in [1.54, 1.807) is 6.92 Å². The summed E-state index contributed by atoms with van der Waals surface area (Å²) in [5, 5.41) is 12.1. The molecule has 124 valence electrons. The van der Waals surface area contributed by atoms with Crippen LogP contribution in [-0.2, 0) is 10.0 Å². The topological polar surface area (TPSA) is 95.5 Å². The predicted molar refractivity (Wildman–Crippen MR) is 86.8 cm³/mol. The molecule has 1 rings (SSSR count). The van der Waals surface area contributed by atoms with Crippen molar-refractivity contribution in [2.24, 2.45) is 5.92 Å². The molecule has 3 N–H and O–H groups in total. The molecule has 0 radical (unpaired) electrons. The summed E-state index contributed by atoms with van der Waals surface area (Å²) in [7, 11) is -3.78. The molecule has 0 aliphatic heterocycles. The maximum Gasteiger partial charge on any atom is 0.335 e. The molecule has 1 aromatic rings. The minimum atomic E-state index is -3.78. The molecule has 0 aliphatic carbocycles. The first-order valence-corrected chi connectivity index (χ1v) is 8.79. The van der Waals surface area contributed by atoms with Crippen molar-refractivity contribution in [2.75, 3.05) is 11.9 Å². The van der Waals surface area contributed by atoms with Gasteiger partial charge in [-0.15, -0.1) is 0 Å². The van der Waals surface area contributed by atoms with Crippen molar-refractivity contribution in [1.29, 1.82) is 0 Å². The van der Waals surface area contributed by atoms with Crippen LogP contribution in [0.3, 0.4) is 0 Å². The van der Waals surface area contributed by atoms with Gasteiger partial charge in [-0.05, 0) is 37.5 Å². The Balaban J connectivity index is 3.26. The lowest BCUT2D eigenvalue weighted by molar-refractivity contribution is 0.0696. The Labute approximate surface area is 132 Å². The van der Waals surface area contributed by atoms with Gasteiger partial charge in [0.2, 0.25) is 10.0 Å². The molecule has 7 heteroatoms. The number of carbonyl (C=O) groups is 1. The zero-order valence-corrected chi connectivity index (χ0v) is 14.2. The van der Waals surface area contributed by atoms with Gasteiger partial charge < -0.3 is 10.4 Å². The molecule has 1 aromatic carbocycles. The summed E-state index contributed by atoms with van der Waals surface area (Å²) in [5.41, 5.74) is 0.356. The van der Waals surface area contributed by atoms with Crippen LogP contribution in [0.2, 0.25) is 0 Å². The second-order valence-corrected chi connectivity index (χ2v) is 7.40. The van der Waals surface area contributed by atoms with Gasteiger partial charge in [-0.3, -0.25) is 0 Å². The third-order valence-corrected chi connectivity index (χ3v) is 4.82. The van der Waals surface area contributed by atoms with E-state index in [0.717, 1.165) is 0 Å². The number of carboxylic acid groups (broad SMARTS) is 1. The average Bonchev–Trinajstić information content (AvgIpc) is 2.44. The van der Waals surface area contributed by atoms with Gasteiger partial charge in [0.1, 0.15) is 4.90 Å². The zero-order chi connectivity index (χ0) is 16.9. The highest BCUT2D eigenvalue weighted by atomic mass is 32.2. The maximum absolute atomic E-state index is 12.5. The van der Waals surface area contributed by atoms with E-state index in [1.165, 1.54) is 18.2 Å². The van der Waals surface area contributed by atoms with Crippen molar-refractivity contribution in [3.05, 3.63) is 23.8 Å². The largest absolute Gasteiger partial charge is 0.478 e. The Hall–Kier alpha value is -1.60. The van der Waals surface area contributed by atoms with E-state index in [2.05, 4.69) is 10.0 Å². The van der Waals surface area contributed by atoms with Crippen LogP contribution in [0.4, 0.5) is 5.69 Å². The highest BCUT2D eigenvalue weighted by Crippen LogP contribution is 2.24. The smallest absolute Gasteiger partial charge is 0.335 e. The summed E-state index contributed by atoms with van der Waals surface area (Å²) in [4.78, 5) is 11.1. The van der Waals surface area contributed by atoms with E-state index in [4.69, 9.17) is 5.11 Å². The molecule has 0 aliphatic rings. The van der Waals surface area contributed by atoms with Crippen molar-refractivity contribution in [2.45, 2.75) is 45.1 Å². The monoisotopic (exact) mass is 328 g/mol. The number of anilines is 1. The van der Waals surface area contributed by atoms with Crippen LogP contribution >= 0.6 is 0 Å². The van der Waals surface area contributed by atoms with Gasteiger partial charge in [0, 0.05) is 12.6 Å². The van der Waals surface area contributed by atoms with Crippen LogP contribution in [-0.4, -0.2) is 32.1 Å². The average molecular weight is 328 g/mol. The summed E-state index contributed by atoms with van der Waals surface area (Å²) >= 11 is 0. The highest BCUT2D eigenvalue weighted by Gasteiger charge is 2.22. The first-order valence-electron chi connectivity index (χ1n) is 7.31. The van der Waals surface area contributed by atoms with Crippen molar-refractivity contribution in [3.8, 4) is 0 Å². The normalized spacial score (nSPS) is 13.1. The second-order valence-electron chi connectivity index (χ2n) is 5.72. The summed E-state index contributed by atoms with van der Waals surface area (Å²) in [6, 6.07) is 3.86. The molecule has 0 aromatic heterocycles. The molecule has 0 saturated heterocycles. The van der Waals surface area contributed by atoms with Crippen molar-refractivity contribution in [3.63, 3.8) is 0 Å². The molecule has 6 nitrogen and oxygen atoms in total. The summed E-state index contributed by atoms with van der Waals surface area (Å²) in [5.74, 6) is -0.826. The van der Waals surface area contributed by atoms with Gasteiger partial charge in [-0.2, -0.15) is 0 Å². The lowest BCUT2D eigenvalue weighted by Crippen LogP contribution is -2.32. The fourth-order valence-corrected chi connectivity index (χ4v) is 3.28. The molecule has 0 saturated carbocycles. The van der Waals surface area contributed by atoms with Crippen LogP contribution in [0.15, 0.2) is 23.1 Å². The second kappa shape index (κ2) is 7.60. The lowest BCUT2D eigenvalue weighted by Gasteiger charge is -2.17. The van der Waals surface area contributed by atoms with Gasteiger partial charge in [0.25, 0.3) is 0 Å². The molecule has 1 atom stereocenters. The van der Waals surface area contributed by atoms with E-state index < -0.39 is 16.0 Å². The van der Waals surface area contributed by atoms with E-state index in [0.29, 0.717) is 24.6 Å². The van der Waals surface area contributed by atoms with Gasteiger partial charge >= 0.3 is 5.97 Å². The first kappa shape index (κ1) is 18.4. The fourth-order valence-electron chi connectivity index (χ4n) is 1.75. The van der Waals surface area contributed by atoms with Crippen LogP contribution < -0.4 is 10.0 Å². The molecular weight excluding hydrogens is 304 g/mol. The first-order chi connectivity index (χ1) is 10.2. The Morgan fingerprint density at radius 1 is 1.27 bits per heavy atom. The van der Waals surface area contributed by atoms with Gasteiger partial charge in [-0.25, -0.2) is 17.9 Å². The SMILES string of the molecule is CCC(C)NS(=O)(=O)c1cc(C(=O)O)ccc1NCC(C)C. The van der Waals surface area contributed by atoms with Gasteiger partial charge in [-0.1, -0.05) is 20.8 Å². The Morgan fingerprint density at radius 3 is 2.41 bits per heavy atom. The number of benzene rings is 1. The molecule has 0 bridgehead atoms. The van der Waals surface area contributed by atoms with E-state index in [1.807, 2.05) is 20.8 Å². The van der Waals surface area contributed by atoms with Gasteiger partial charge in [0.05, 0.1) is 11.3 Å². The number of carboxylic acids is 1. The summed E-state index contributed by atoms with van der Waals surface area (Å²) in [6.07, 6.45) is 0.645. The molecular formula is C15H24N2O4S. The molecule has 0 fully saturated rings. The minimum Gasteiger partial charge on any atom is -0.478 e. The number of hydrogen-bond acceptors (Lipinski definition) is 4. The van der Waals surface area contributed by atoms with Crippen LogP contribution in [0.25, 0.3) is 0 Å². The molecule has 0 amide bonds. The minimum absolute atomic E-state index is 0.0339. The van der Waals surface area contributed by atoms with Crippen LogP contribution in [0, 0.1) is 5.92 Å². The molecule has 0 spiro atoms. The summed E-state index contributed by atoms with van der Waals surface area (Å²) < 4.78 is 27.6. The summed E-state index contributed by atoms with van der Waals surface area (Å²) in [6.45, 7) is 8.24. The number of hydrogen-bond donors (Lipinski definition) is 3. The van der Waals surface area contributed by atoms with Crippen LogP contribution in [0.1, 0.15) is 44.5 Å². The molecule has 1 unspecified atom stereocenters. The third kappa shape index (κ3) is 4.99. The lowest BCUT2D eigenvalue weighted by atomic mass is 10.2. The van der Waals surface area contributed by atoms with E-state index in [-0.39, 0.29) is 16.5 Å². The fraction of sp³-hybridized carbons (Fsp3) is 0.533. The number of rotatable bonds is 8. The number of aromatic carboxylic acids is 1. The van der Waals surface area contributed by atoms with Crippen molar-refractivity contribution >= 4 is 21.7 Å². The van der Waals surface area contributed by atoms with E-state index >= 15 is 0 Å². The Morgan fingerprint density at radius 2 is 1.91 bits per heavy atom. The Bertz CT molecular complexity index is 626. The van der Waals surface area contributed by atoms with Crippen molar-refractivity contribution in [1.82, 2.24) is 4.72 Å². The van der Waals surface area contributed by atoms with E-state index in [9.17, 15) is 13.2 Å². The van der Waals surface area contributed by atoms with Crippen LogP contribution in [0.5, 0.6) is 0 Å². The van der Waals surface area contributed by atoms with Gasteiger partial charge in [0.15, 0.2) is 0 Å². The standard InChI is InChI=1S/C15H24N2O4S/c1-5-11(4)17-22(20,21)14-8-12(15(18)19)6-7-13(14)16-9-10(2)3/h6-8,10-11,16-17H,5,9H2,1-4H3,(H,18,19). The third-order valence-electron chi connectivity index (χ3n) is 3.19. The predicted octanol–water partition coefficient (Wildman–Crippen LogP) is 2.53. The number of sulfonamides is 1. The highest BCUT2D eigenvalue weighted by molar-refractivity contribution is 7.89. The molecule has 0 heterocycles. The quantitative estimate of drug-likeness (QED) is 0.681. The molecule has 22 heavy (non-hydrogen) atoms. The maximum atomic E-state index is 12.5. The Kier molecular flexibility index (Phi) is 6.37. The van der Waals surface area contributed by atoms with Crippen molar-refractivity contribution < 1.29 is 18.3 Å². The zero-order valence-electron chi connectivity index (χ0n) is 13.4.